The molecular weight excluding hydrogens is 304 g/mol. The monoisotopic (exact) mass is 326 g/mol. The van der Waals surface area contributed by atoms with E-state index in [4.69, 9.17) is 4.74 Å². The summed E-state index contributed by atoms with van der Waals surface area (Å²) >= 11 is 0. The van der Waals surface area contributed by atoms with Crippen LogP contribution < -0.4 is 9.62 Å². The molecule has 1 N–H and O–H groups in total. The summed E-state index contributed by atoms with van der Waals surface area (Å²) in [6.07, 6.45) is 8.50. The molecule has 2 aliphatic heterocycles. The van der Waals surface area contributed by atoms with Gasteiger partial charge >= 0.3 is 0 Å². The van der Waals surface area contributed by atoms with Crippen molar-refractivity contribution in [2.24, 2.45) is 0 Å². The molecule has 0 aromatic carbocycles. The first-order valence-corrected chi connectivity index (χ1v) is 9.49. The Labute approximate surface area is 131 Å². The van der Waals surface area contributed by atoms with Crippen molar-refractivity contribution in [3.8, 4) is 0 Å². The van der Waals surface area contributed by atoms with Gasteiger partial charge in [-0.1, -0.05) is 0 Å². The Morgan fingerprint density at radius 2 is 2.18 bits per heavy atom. The second kappa shape index (κ2) is 6.10. The molecule has 0 unspecified atom stereocenters. The van der Waals surface area contributed by atoms with Crippen LogP contribution in [0.15, 0.2) is 18.5 Å². The van der Waals surface area contributed by atoms with Crippen LogP contribution in [-0.4, -0.2) is 56.0 Å². The van der Waals surface area contributed by atoms with E-state index < -0.39 is 10.0 Å². The lowest BCUT2D eigenvalue weighted by molar-refractivity contribution is -0.112. The van der Waals surface area contributed by atoms with Gasteiger partial charge in [0.25, 0.3) is 0 Å². The molecule has 2 atom stereocenters. The third kappa shape index (κ3) is 3.74. The van der Waals surface area contributed by atoms with Crippen molar-refractivity contribution in [1.82, 2.24) is 14.7 Å². The van der Waals surface area contributed by atoms with Gasteiger partial charge in [-0.2, -0.15) is 0 Å². The molecule has 0 radical (unpaired) electrons. The lowest BCUT2D eigenvalue weighted by Crippen LogP contribution is -2.46. The number of sulfonamides is 1. The van der Waals surface area contributed by atoms with Crippen molar-refractivity contribution in [3.05, 3.63) is 18.5 Å². The Morgan fingerprint density at radius 1 is 1.41 bits per heavy atom. The number of ether oxygens (including phenoxy) is 1. The second-order valence-corrected chi connectivity index (χ2v) is 7.99. The minimum absolute atomic E-state index is 0.0554. The lowest BCUT2D eigenvalue weighted by Gasteiger charge is -2.38. The Morgan fingerprint density at radius 3 is 2.91 bits per heavy atom. The van der Waals surface area contributed by atoms with E-state index in [0.717, 1.165) is 44.7 Å². The highest BCUT2D eigenvalue weighted by molar-refractivity contribution is 7.88. The van der Waals surface area contributed by atoms with Crippen molar-refractivity contribution >= 4 is 16.0 Å². The van der Waals surface area contributed by atoms with E-state index in [-0.39, 0.29) is 11.7 Å². The van der Waals surface area contributed by atoms with Gasteiger partial charge < -0.3 is 9.64 Å². The summed E-state index contributed by atoms with van der Waals surface area (Å²) in [6.45, 7) is 1.99. The van der Waals surface area contributed by atoms with E-state index >= 15 is 0 Å². The molecule has 7 nitrogen and oxygen atoms in total. The SMILES string of the molecule is CS(=O)(=O)NC[C@@H]1CCC[C@]2(CCN(c3ncccn3)C2)O1. The molecular formula is C14H22N4O3S. The van der Waals surface area contributed by atoms with Crippen LogP contribution in [0.5, 0.6) is 0 Å². The number of anilines is 1. The molecule has 8 heteroatoms. The number of rotatable bonds is 4. The smallest absolute Gasteiger partial charge is 0.225 e. The summed E-state index contributed by atoms with van der Waals surface area (Å²) < 4.78 is 31.3. The number of aromatic nitrogens is 2. The maximum Gasteiger partial charge on any atom is 0.225 e. The average molecular weight is 326 g/mol. The first kappa shape index (κ1) is 15.6. The van der Waals surface area contributed by atoms with E-state index in [1.165, 1.54) is 6.26 Å². The van der Waals surface area contributed by atoms with Gasteiger partial charge in [0, 0.05) is 32.0 Å². The van der Waals surface area contributed by atoms with Crippen LogP contribution in [0, 0.1) is 0 Å². The summed E-state index contributed by atoms with van der Waals surface area (Å²) in [5.41, 5.74) is -0.193. The fourth-order valence-electron chi connectivity index (χ4n) is 3.28. The van der Waals surface area contributed by atoms with E-state index in [2.05, 4.69) is 19.6 Å². The molecule has 0 amide bonds. The highest BCUT2D eigenvalue weighted by atomic mass is 32.2. The van der Waals surface area contributed by atoms with Gasteiger partial charge in [0.2, 0.25) is 16.0 Å². The van der Waals surface area contributed by atoms with Gasteiger partial charge in [-0.15, -0.1) is 0 Å². The molecule has 1 aromatic rings. The van der Waals surface area contributed by atoms with Crippen LogP contribution in [0.1, 0.15) is 25.7 Å². The third-order valence-electron chi connectivity index (χ3n) is 4.30. The van der Waals surface area contributed by atoms with Gasteiger partial charge in [-0.25, -0.2) is 23.1 Å². The number of hydrogen-bond acceptors (Lipinski definition) is 6. The largest absolute Gasteiger partial charge is 0.368 e. The van der Waals surface area contributed by atoms with E-state index in [9.17, 15) is 8.42 Å². The lowest BCUT2D eigenvalue weighted by atomic mass is 9.90. The predicted octanol–water partition coefficient (Wildman–Crippen LogP) is 0.544. The molecule has 2 aliphatic rings. The van der Waals surface area contributed by atoms with E-state index in [0.29, 0.717) is 6.54 Å². The zero-order valence-corrected chi connectivity index (χ0v) is 13.6. The average Bonchev–Trinajstić information content (AvgIpc) is 2.89. The van der Waals surface area contributed by atoms with Crippen LogP contribution in [0.25, 0.3) is 0 Å². The molecule has 0 aliphatic carbocycles. The van der Waals surface area contributed by atoms with Crippen LogP contribution in [0.3, 0.4) is 0 Å². The molecule has 1 aromatic heterocycles. The zero-order valence-electron chi connectivity index (χ0n) is 12.7. The number of hydrogen-bond donors (Lipinski definition) is 1. The minimum Gasteiger partial charge on any atom is -0.368 e. The normalized spacial score (nSPS) is 29.1. The first-order valence-electron chi connectivity index (χ1n) is 7.60. The molecule has 2 saturated heterocycles. The maximum atomic E-state index is 11.2. The molecule has 2 fully saturated rings. The number of nitrogens with one attached hydrogen (secondary N) is 1. The molecule has 3 heterocycles. The molecule has 122 valence electrons. The summed E-state index contributed by atoms with van der Waals surface area (Å²) in [5, 5.41) is 0. The summed E-state index contributed by atoms with van der Waals surface area (Å²) in [4.78, 5) is 10.7. The molecule has 3 rings (SSSR count). The fraction of sp³-hybridized carbons (Fsp3) is 0.714. The maximum absolute atomic E-state index is 11.2. The second-order valence-electron chi connectivity index (χ2n) is 6.16. The van der Waals surface area contributed by atoms with Gasteiger partial charge in [-0.3, -0.25) is 0 Å². The predicted molar refractivity (Wildman–Crippen MR) is 83.2 cm³/mol. The zero-order chi connectivity index (χ0) is 15.6. The van der Waals surface area contributed by atoms with E-state index in [1.807, 2.05) is 0 Å². The Balaban J connectivity index is 1.62. The first-order chi connectivity index (χ1) is 10.5. The Kier molecular flexibility index (Phi) is 4.33. The fourth-order valence-corrected chi connectivity index (χ4v) is 3.77. The molecule has 22 heavy (non-hydrogen) atoms. The van der Waals surface area contributed by atoms with Crippen molar-refractivity contribution in [1.29, 1.82) is 0 Å². The van der Waals surface area contributed by atoms with Gasteiger partial charge in [-0.05, 0) is 31.7 Å². The van der Waals surface area contributed by atoms with Crippen molar-refractivity contribution < 1.29 is 13.2 Å². The van der Waals surface area contributed by atoms with Crippen molar-refractivity contribution in [2.45, 2.75) is 37.4 Å². The summed E-state index contributed by atoms with van der Waals surface area (Å²) in [5.74, 6) is 0.736. The highest BCUT2D eigenvalue weighted by Crippen LogP contribution is 2.37. The van der Waals surface area contributed by atoms with Crippen LogP contribution in [0.4, 0.5) is 5.95 Å². The topological polar surface area (TPSA) is 84.4 Å². The van der Waals surface area contributed by atoms with Crippen molar-refractivity contribution in [3.63, 3.8) is 0 Å². The minimum atomic E-state index is -3.17. The Hall–Kier alpha value is -1.25. The summed E-state index contributed by atoms with van der Waals surface area (Å²) in [7, 11) is -3.17. The highest BCUT2D eigenvalue weighted by Gasteiger charge is 2.43. The van der Waals surface area contributed by atoms with E-state index in [1.54, 1.807) is 18.5 Å². The standard InChI is InChI=1S/C14H22N4O3S/c1-22(19,20)17-10-12-4-2-5-14(21-12)6-9-18(11-14)13-15-7-3-8-16-13/h3,7-8,12,17H,2,4-6,9-11H2,1H3/t12-,14+/m0/s1. The van der Waals surface area contributed by atoms with Gasteiger partial charge in [0.1, 0.15) is 0 Å². The van der Waals surface area contributed by atoms with Crippen LogP contribution in [0.2, 0.25) is 0 Å². The van der Waals surface area contributed by atoms with Crippen LogP contribution in [-0.2, 0) is 14.8 Å². The molecule has 0 saturated carbocycles. The molecule has 1 spiro atoms. The van der Waals surface area contributed by atoms with Crippen LogP contribution >= 0.6 is 0 Å². The quantitative estimate of drug-likeness (QED) is 0.869. The van der Waals surface area contributed by atoms with Gasteiger partial charge in [0.05, 0.1) is 18.0 Å². The Bertz CT molecular complexity index is 610. The number of nitrogens with zero attached hydrogens (tertiary/aromatic N) is 3. The van der Waals surface area contributed by atoms with Gasteiger partial charge in [0.15, 0.2) is 0 Å². The third-order valence-corrected chi connectivity index (χ3v) is 4.99. The summed E-state index contributed by atoms with van der Waals surface area (Å²) in [6, 6.07) is 1.80. The molecule has 0 bridgehead atoms. The van der Waals surface area contributed by atoms with Crippen molar-refractivity contribution in [2.75, 3.05) is 30.8 Å².